The molecule has 0 aromatic heterocycles. The van der Waals surface area contributed by atoms with Gasteiger partial charge in [-0.2, -0.15) is 0 Å². The third kappa shape index (κ3) is 14.9. The highest BCUT2D eigenvalue weighted by atomic mass is 35.6. The number of hydrogen-bond donors (Lipinski definition) is 0. The molecule has 0 amide bonds. The van der Waals surface area contributed by atoms with Crippen LogP contribution in [0.25, 0.3) is 0 Å². The van der Waals surface area contributed by atoms with Crippen molar-refractivity contribution in [2.45, 2.75) is 7.59 Å². The molecule has 15 heavy (non-hydrogen) atoms. The van der Waals surface area contributed by atoms with Crippen LogP contribution in [0.2, 0.25) is 0 Å². The predicted molar refractivity (Wildman–Crippen MR) is 78.3 cm³/mol. The van der Waals surface area contributed by atoms with Gasteiger partial charge in [0.15, 0.2) is 0 Å². The van der Waals surface area contributed by atoms with Gasteiger partial charge in [0.25, 0.3) is 0 Å². The van der Waals surface area contributed by atoms with E-state index in [1.807, 2.05) is 0 Å². The average molecular weight is 439 g/mol. The minimum absolute atomic E-state index is 0. The maximum atomic E-state index is 5.14. The first-order valence-electron chi connectivity index (χ1n) is 2.39. The predicted octanol–water partition coefficient (Wildman–Crippen LogP) is 7.22. The molecule has 0 bridgehead atoms. The summed E-state index contributed by atoms with van der Waals surface area (Å²) in [6.07, 6.45) is 0. The van der Waals surface area contributed by atoms with Crippen LogP contribution < -0.4 is 0 Å². The van der Waals surface area contributed by atoms with E-state index in [1.54, 1.807) is 0 Å². The first kappa shape index (κ1) is 23.1. The van der Waals surface area contributed by atoms with Gasteiger partial charge in [-0.25, -0.2) is 0 Å². The first-order chi connectivity index (χ1) is 5.89. The zero-order chi connectivity index (χ0) is 12.2. The zero-order valence-corrected chi connectivity index (χ0v) is 14.6. The third-order valence-electron chi connectivity index (χ3n) is 0.464. The van der Waals surface area contributed by atoms with Crippen molar-refractivity contribution in [1.82, 2.24) is 0 Å². The Morgan fingerprint density at radius 3 is 0.667 bits per heavy atom. The summed E-state index contributed by atoms with van der Waals surface area (Å²) < 4.78 is -3.90. The summed E-state index contributed by atoms with van der Waals surface area (Å²) in [6, 6.07) is 0. The lowest BCUT2D eigenvalue weighted by atomic mass is 10.9. The largest absolute Gasteiger partial charge is 0.236 e. The minimum atomic E-state index is -1.85. The second-order valence-electron chi connectivity index (χ2n) is 1.52. The maximum Gasteiger partial charge on any atom is 0.236 e. The molecule has 0 atom stereocenters. The summed E-state index contributed by atoms with van der Waals surface area (Å²) in [5.74, 6) is 0. The van der Waals surface area contributed by atoms with Crippen molar-refractivity contribution in [3.05, 3.63) is 8.98 Å². The fourth-order valence-electron chi connectivity index (χ4n) is 0. The molecule has 0 saturated carbocycles. The lowest BCUT2D eigenvalue weighted by Gasteiger charge is -2.19. The molecule has 0 radical (unpaired) electrons. The molecule has 0 aromatic rings. The van der Waals surface area contributed by atoms with Gasteiger partial charge in [0, 0.05) is 0 Å². The van der Waals surface area contributed by atoms with E-state index < -0.39 is 7.59 Å². The Hall–Kier alpha value is 2.93. The Labute approximate surface area is 143 Å². The van der Waals surface area contributed by atoms with Crippen LogP contribution in [0.15, 0.2) is 8.98 Å². The maximum absolute atomic E-state index is 5.14. The Balaban J connectivity index is -0.000000187. The molecule has 11 heteroatoms. The van der Waals surface area contributed by atoms with E-state index in [1.165, 1.54) is 0 Å². The van der Waals surface area contributed by atoms with Crippen molar-refractivity contribution >= 4 is 128 Å². The standard InChI is InChI=1S/C2Cl6.C2Cl4.ClH/c3-1(4,5)2(6,7)8;3-1(4)2(5)6;/h;;1H. The van der Waals surface area contributed by atoms with Crippen LogP contribution in [0.5, 0.6) is 0 Å². The molecule has 0 N–H and O–H groups in total. The molecule has 0 nitrogen and oxygen atoms in total. The minimum Gasteiger partial charge on any atom is -0.147 e. The van der Waals surface area contributed by atoms with Crippen LogP contribution in [0, 0.1) is 0 Å². The van der Waals surface area contributed by atoms with Crippen LogP contribution in [0.1, 0.15) is 0 Å². The van der Waals surface area contributed by atoms with Gasteiger partial charge in [-0.3, -0.25) is 0 Å². The van der Waals surface area contributed by atoms with Crippen LogP contribution in [-0.2, 0) is 0 Å². The molecule has 94 valence electrons. The van der Waals surface area contributed by atoms with Gasteiger partial charge in [-0.15, -0.1) is 12.4 Å². The SMILES string of the molecule is Cl.ClC(Cl)(Cl)C(Cl)(Cl)Cl.ClC(Cl)=C(Cl)Cl. The molecule has 0 rings (SSSR count). The van der Waals surface area contributed by atoms with Crippen molar-refractivity contribution in [2.75, 3.05) is 0 Å². The molecule has 0 aliphatic rings. The van der Waals surface area contributed by atoms with Gasteiger partial charge in [0.1, 0.15) is 8.98 Å². The van der Waals surface area contributed by atoms with E-state index >= 15 is 0 Å². The Morgan fingerprint density at radius 2 is 0.667 bits per heavy atom. The van der Waals surface area contributed by atoms with Crippen molar-refractivity contribution in [1.29, 1.82) is 0 Å². The van der Waals surface area contributed by atoms with Crippen LogP contribution >= 0.6 is 128 Å². The summed E-state index contributed by atoms with van der Waals surface area (Å²) in [5, 5.41) is 0. The van der Waals surface area contributed by atoms with Gasteiger partial charge in [-0.05, 0) is 0 Å². The summed E-state index contributed by atoms with van der Waals surface area (Å²) in [4.78, 5) is 0. The summed E-state index contributed by atoms with van der Waals surface area (Å²) in [6.45, 7) is 0. The Bertz CT molecular complexity index is 164. The van der Waals surface area contributed by atoms with E-state index in [-0.39, 0.29) is 21.4 Å². The number of alkyl halides is 6. The first-order valence-corrected chi connectivity index (χ1v) is 6.17. The lowest BCUT2D eigenvalue weighted by Crippen LogP contribution is -2.23. The average Bonchev–Trinajstić information content (AvgIpc) is 1.83. The number of rotatable bonds is 0. The molecule has 0 aliphatic carbocycles. The molecular formula is C4HCl11. The van der Waals surface area contributed by atoms with E-state index in [4.69, 9.17) is 116 Å². The molecule has 0 fully saturated rings. The van der Waals surface area contributed by atoms with Gasteiger partial charge in [0.2, 0.25) is 7.59 Å². The fourth-order valence-corrected chi connectivity index (χ4v) is 0. The highest BCUT2D eigenvalue weighted by Gasteiger charge is 2.43. The van der Waals surface area contributed by atoms with Crippen molar-refractivity contribution in [3.63, 3.8) is 0 Å². The van der Waals surface area contributed by atoms with Crippen LogP contribution in [-0.4, -0.2) is 7.59 Å². The Morgan fingerprint density at radius 1 is 0.533 bits per heavy atom. The monoisotopic (exact) mass is 434 g/mol. The molecule has 0 spiro atoms. The molecule has 0 aliphatic heterocycles. The van der Waals surface area contributed by atoms with Gasteiger partial charge in [-0.1, -0.05) is 116 Å². The van der Waals surface area contributed by atoms with Crippen molar-refractivity contribution < 1.29 is 0 Å². The number of hydrogen-bond acceptors (Lipinski definition) is 0. The van der Waals surface area contributed by atoms with Gasteiger partial charge < -0.3 is 0 Å². The van der Waals surface area contributed by atoms with Gasteiger partial charge >= 0.3 is 0 Å². The van der Waals surface area contributed by atoms with E-state index in [0.29, 0.717) is 0 Å². The quantitative estimate of drug-likeness (QED) is 0.350. The molecular weight excluding hydrogens is 438 g/mol. The van der Waals surface area contributed by atoms with E-state index in [9.17, 15) is 0 Å². The van der Waals surface area contributed by atoms with Crippen molar-refractivity contribution in [3.8, 4) is 0 Å². The van der Waals surface area contributed by atoms with Crippen molar-refractivity contribution in [2.24, 2.45) is 0 Å². The molecule has 0 saturated heterocycles. The van der Waals surface area contributed by atoms with E-state index in [0.717, 1.165) is 0 Å². The van der Waals surface area contributed by atoms with Crippen LogP contribution in [0.3, 0.4) is 0 Å². The van der Waals surface area contributed by atoms with E-state index in [2.05, 4.69) is 0 Å². The highest BCUT2D eigenvalue weighted by Crippen LogP contribution is 2.48. The summed E-state index contributed by atoms with van der Waals surface area (Å²) in [5.41, 5.74) is 0. The second-order valence-corrected chi connectivity index (χ2v) is 7.98. The lowest BCUT2D eigenvalue weighted by molar-refractivity contribution is 1.10. The summed E-state index contributed by atoms with van der Waals surface area (Å²) in [7, 11) is 0. The third-order valence-corrected chi connectivity index (χ3v) is 4.18. The summed E-state index contributed by atoms with van der Waals surface area (Å²) >= 11 is 50.8. The molecule has 0 heterocycles. The molecule has 0 unspecified atom stereocenters. The van der Waals surface area contributed by atoms with Gasteiger partial charge in [0.05, 0.1) is 0 Å². The fraction of sp³-hybridized carbons (Fsp3) is 0.500. The molecule has 0 aromatic carbocycles. The highest BCUT2D eigenvalue weighted by molar-refractivity contribution is 6.83. The second kappa shape index (κ2) is 9.81. The number of halogens is 11. The Kier molecular flexibility index (Phi) is 15.1. The smallest absolute Gasteiger partial charge is 0.147 e. The topological polar surface area (TPSA) is 0 Å². The normalized spacial score (nSPS) is 10.8. The van der Waals surface area contributed by atoms with Crippen LogP contribution in [0.4, 0.5) is 0 Å². The zero-order valence-electron chi connectivity index (χ0n) is 6.19.